The van der Waals surface area contributed by atoms with Gasteiger partial charge in [0.05, 0.1) is 23.7 Å². The molecule has 1 aromatic heterocycles. The molecule has 1 N–H and O–H groups in total. The summed E-state index contributed by atoms with van der Waals surface area (Å²) in [5.41, 5.74) is 2.09. The fourth-order valence-corrected chi connectivity index (χ4v) is 2.80. The summed E-state index contributed by atoms with van der Waals surface area (Å²) in [6.45, 7) is 2.78. The fraction of sp³-hybridized carbons (Fsp3) is 0.400. The second-order valence-corrected chi connectivity index (χ2v) is 5.27. The molecule has 1 saturated heterocycles. The minimum absolute atomic E-state index is 0.0142. The largest absolute Gasteiger partial charge is 0.394 e. The van der Waals surface area contributed by atoms with Crippen LogP contribution < -0.4 is 0 Å². The molecule has 1 amide bonds. The molecule has 1 aliphatic heterocycles. The summed E-state index contributed by atoms with van der Waals surface area (Å²) in [4.78, 5) is 22.8. The Bertz CT molecular complexity index is 644. The second kappa shape index (κ2) is 5.17. The number of hydrogen-bond acceptors (Lipinski definition) is 4. The van der Waals surface area contributed by atoms with Gasteiger partial charge < -0.3 is 10.0 Å². The van der Waals surface area contributed by atoms with Crippen LogP contribution in [0.3, 0.4) is 0 Å². The first-order valence-electron chi connectivity index (χ1n) is 6.83. The van der Waals surface area contributed by atoms with Gasteiger partial charge in [-0.1, -0.05) is 6.92 Å². The van der Waals surface area contributed by atoms with E-state index in [9.17, 15) is 9.90 Å². The van der Waals surface area contributed by atoms with E-state index in [2.05, 4.69) is 16.9 Å². The van der Waals surface area contributed by atoms with Crippen molar-refractivity contribution in [1.82, 2.24) is 14.9 Å². The van der Waals surface area contributed by atoms with Gasteiger partial charge in [0.15, 0.2) is 0 Å². The van der Waals surface area contributed by atoms with E-state index in [4.69, 9.17) is 0 Å². The van der Waals surface area contributed by atoms with Gasteiger partial charge in [-0.3, -0.25) is 14.8 Å². The Balaban J connectivity index is 1.92. The molecule has 1 fully saturated rings. The summed E-state index contributed by atoms with van der Waals surface area (Å²) in [5, 5.41) is 9.46. The lowest BCUT2D eigenvalue weighted by molar-refractivity contribution is 0.0648. The van der Waals surface area contributed by atoms with Gasteiger partial charge in [-0.05, 0) is 30.5 Å². The number of aliphatic hydroxyl groups excluding tert-OH is 1. The average Bonchev–Trinajstić information content (AvgIpc) is 2.86. The summed E-state index contributed by atoms with van der Waals surface area (Å²) in [7, 11) is 0. The number of hydrogen-bond donors (Lipinski definition) is 1. The van der Waals surface area contributed by atoms with E-state index in [0.717, 1.165) is 11.9 Å². The van der Waals surface area contributed by atoms with Crippen molar-refractivity contribution < 1.29 is 9.90 Å². The minimum atomic E-state index is -0.0833. The lowest BCUT2D eigenvalue weighted by atomic mass is 10.0. The van der Waals surface area contributed by atoms with Crippen LogP contribution in [-0.4, -0.2) is 45.1 Å². The van der Waals surface area contributed by atoms with Gasteiger partial charge in [0.1, 0.15) is 0 Å². The van der Waals surface area contributed by atoms with Gasteiger partial charge >= 0.3 is 0 Å². The Labute approximate surface area is 117 Å². The molecule has 2 heterocycles. The fourth-order valence-electron chi connectivity index (χ4n) is 2.80. The maximum Gasteiger partial charge on any atom is 0.254 e. The Morgan fingerprint density at radius 1 is 1.35 bits per heavy atom. The topological polar surface area (TPSA) is 66.3 Å². The highest BCUT2D eigenvalue weighted by Gasteiger charge is 2.34. The number of carbonyl (C=O) groups excluding carboxylic acids is 1. The molecule has 0 radical (unpaired) electrons. The van der Waals surface area contributed by atoms with E-state index >= 15 is 0 Å². The van der Waals surface area contributed by atoms with Crippen LogP contribution >= 0.6 is 0 Å². The zero-order chi connectivity index (χ0) is 14.1. The van der Waals surface area contributed by atoms with Gasteiger partial charge in [0.25, 0.3) is 5.91 Å². The predicted octanol–water partition coefficient (Wildman–Crippen LogP) is 1.47. The number of nitrogens with zero attached hydrogens (tertiary/aromatic N) is 3. The van der Waals surface area contributed by atoms with Crippen LogP contribution in [0.5, 0.6) is 0 Å². The molecule has 0 bridgehead atoms. The van der Waals surface area contributed by atoms with Crippen molar-refractivity contribution in [2.24, 2.45) is 5.92 Å². The number of fused-ring (bicyclic) bond motifs is 1. The summed E-state index contributed by atoms with van der Waals surface area (Å²) < 4.78 is 0. The lowest BCUT2D eigenvalue weighted by Crippen LogP contribution is -2.39. The molecule has 0 spiro atoms. The molecule has 0 aliphatic carbocycles. The first kappa shape index (κ1) is 13.0. The number of amides is 1. The molecule has 5 heteroatoms. The van der Waals surface area contributed by atoms with Gasteiger partial charge in [-0.25, -0.2) is 0 Å². The number of aliphatic hydroxyl groups is 1. The normalized spacial score (nSPS) is 22.4. The number of aromatic nitrogens is 2. The van der Waals surface area contributed by atoms with Gasteiger partial charge in [-0.2, -0.15) is 0 Å². The van der Waals surface area contributed by atoms with Crippen LogP contribution in [0.25, 0.3) is 11.0 Å². The Morgan fingerprint density at radius 3 is 2.85 bits per heavy atom. The molecule has 104 valence electrons. The summed E-state index contributed by atoms with van der Waals surface area (Å²) in [5.74, 6) is 0.296. The Hall–Kier alpha value is -2.01. The van der Waals surface area contributed by atoms with Crippen molar-refractivity contribution in [3.63, 3.8) is 0 Å². The standard InChI is InChI=1S/C15H17N3O2/c1-10-4-7-18(14(10)9-19)15(20)11-2-3-12-13(8-11)17-6-5-16-12/h2-3,5-6,8,10,14,19H,4,7,9H2,1H3. The Morgan fingerprint density at radius 2 is 2.10 bits per heavy atom. The quantitative estimate of drug-likeness (QED) is 0.898. The van der Waals surface area contributed by atoms with Crippen molar-refractivity contribution in [3.8, 4) is 0 Å². The van der Waals surface area contributed by atoms with E-state index in [1.54, 1.807) is 29.4 Å². The predicted molar refractivity (Wildman–Crippen MR) is 75.2 cm³/mol. The molecular formula is C15H17N3O2. The molecular weight excluding hydrogens is 254 g/mol. The van der Waals surface area contributed by atoms with Crippen LogP contribution in [0.1, 0.15) is 23.7 Å². The smallest absolute Gasteiger partial charge is 0.254 e. The van der Waals surface area contributed by atoms with E-state index in [0.29, 0.717) is 23.5 Å². The number of carbonyl (C=O) groups is 1. The third kappa shape index (κ3) is 2.14. The monoisotopic (exact) mass is 271 g/mol. The van der Waals surface area contributed by atoms with Gasteiger partial charge in [0.2, 0.25) is 0 Å². The summed E-state index contributed by atoms with van der Waals surface area (Å²) in [6, 6.07) is 5.27. The third-order valence-electron chi connectivity index (χ3n) is 4.05. The van der Waals surface area contributed by atoms with Crippen LogP contribution in [0, 0.1) is 5.92 Å². The molecule has 0 saturated carbocycles. The molecule has 2 unspecified atom stereocenters. The minimum Gasteiger partial charge on any atom is -0.394 e. The first-order valence-corrected chi connectivity index (χ1v) is 6.83. The molecule has 1 aliphatic rings. The van der Waals surface area contributed by atoms with Crippen molar-refractivity contribution in [3.05, 3.63) is 36.2 Å². The highest BCUT2D eigenvalue weighted by molar-refractivity contribution is 5.97. The van der Waals surface area contributed by atoms with Gasteiger partial charge in [0, 0.05) is 24.5 Å². The first-order chi connectivity index (χ1) is 9.70. The van der Waals surface area contributed by atoms with Crippen molar-refractivity contribution in [1.29, 1.82) is 0 Å². The zero-order valence-electron chi connectivity index (χ0n) is 11.4. The van der Waals surface area contributed by atoms with E-state index < -0.39 is 0 Å². The van der Waals surface area contributed by atoms with E-state index in [1.165, 1.54) is 0 Å². The van der Waals surface area contributed by atoms with Crippen LogP contribution in [0.2, 0.25) is 0 Å². The summed E-state index contributed by atoms with van der Waals surface area (Å²) in [6.07, 6.45) is 4.18. The molecule has 20 heavy (non-hydrogen) atoms. The summed E-state index contributed by atoms with van der Waals surface area (Å²) >= 11 is 0. The van der Waals surface area contributed by atoms with Gasteiger partial charge in [-0.15, -0.1) is 0 Å². The number of likely N-dealkylation sites (tertiary alicyclic amines) is 1. The van der Waals surface area contributed by atoms with E-state index in [-0.39, 0.29) is 18.6 Å². The highest BCUT2D eigenvalue weighted by atomic mass is 16.3. The van der Waals surface area contributed by atoms with Crippen LogP contribution in [-0.2, 0) is 0 Å². The SMILES string of the molecule is CC1CCN(C(=O)c2ccc3nccnc3c2)C1CO. The van der Waals surface area contributed by atoms with Crippen molar-refractivity contribution in [2.75, 3.05) is 13.2 Å². The molecule has 1 aromatic carbocycles. The molecule has 2 aromatic rings. The van der Waals surface area contributed by atoms with Crippen LogP contribution in [0.15, 0.2) is 30.6 Å². The number of benzene rings is 1. The maximum absolute atomic E-state index is 12.6. The van der Waals surface area contributed by atoms with Crippen molar-refractivity contribution >= 4 is 16.9 Å². The third-order valence-corrected chi connectivity index (χ3v) is 4.05. The number of rotatable bonds is 2. The lowest BCUT2D eigenvalue weighted by Gasteiger charge is -2.25. The van der Waals surface area contributed by atoms with Crippen LogP contribution in [0.4, 0.5) is 0 Å². The Kier molecular flexibility index (Phi) is 3.36. The zero-order valence-corrected chi connectivity index (χ0v) is 11.4. The highest BCUT2D eigenvalue weighted by Crippen LogP contribution is 2.25. The van der Waals surface area contributed by atoms with Crippen molar-refractivity contribution in [2.45, 2.75) is 19.4 Å². The van der Waals surface area contributed by atoms with E-state index in [1.807, 2.05) is 6.07 Å². The maximum atomic E-state index is 12.6. The average molecular weight is 271 g/mol. The molecule has 3 rings (SSSR count). The molecule has 2 atom stereocenters. The molecule has 5 nitrogen and oxygen atoms in total. The second-order valence-electron chi connectivity index (χ2n) is 5.27.